The molecule has 0 fully saturated rings. The Bertz CT molecular complexity index is 544. The summed E-state index contributed by atoms with van der Waals surface area (Å²) in [6.45, 7) is 2.23. The zero-order valence-electron chi connectivity index (χ0n) is 11.4. The Morgan fingerprint density at radius 3 is 2.89 bits per heavy atom. The van der Waals surface area contributed by atoms with E-state index in [0.717, 1.165) is 18.7 Å². The summed E-state index contributed by atoms with van der Waals surface area (Å²) in [4.78, 5) is 8.20. The quantitative estimate of drug-likeness (QED) is 0.882. The molecule has 0 bridgehead atoms. The molecule has 0 amide bonds. The van der Waals surface area contributed by atoms with Crippen LogP contribution in [-0.4, -0.2) is 9.97 Å². The first kappa shape index (κ1) is 12.4. The van der Waals surface area contributed by atoms with Crippen molar-refractivity contribution in [1.29, 1.82) is 0 Å². The lowest BCUT2D eigenvalue weighted by atomic mass is 10.0. The van der Waals surface area contributed by atoms with Crippen molar-refractivity contribution in [1.82, 2.24) is 9.97 Å². The van der Waals surface area contributed by atoms with E-state index in [1.165, 1.54) is 29.8 Å². The van der Waals surface area contributed by atoms with Crippen LogP contribution in [0.4, 0.5) is 0 Å². The van der Waals surface area contributed by atoms with E-state index < -0.39 is 0 Å². The lowest BCUT2D eigenvalue weighted by molar-refractivity contribution is 0.618. The summed E-state index contributed by atoms with van der Waals surface area (Å²) in [5, 5.41) is 0. The maximum atomic E-state index is 6.28. The second-order valence-electron chi connectivity index (χ2n) is 5.43. The molecule has 1 aromatic carbocycles. The molecule has 0 radical (unpaired) electrons. The van der Waals surface area contributed by atoms with Gasteiger partial charge in [-0.2, -0.15) is 0 Å². The van der Waals surface area contributed by atoms with E-state index in [4.69, 9.17) is 10.7 Å². The number of aryl methyl sites for hydroxylation is 1. The molecule has 3 heteroatoms. The highest BCUT2D eigenvalue weighted by Crippen LogP contribution is 2.34. The first-order valence-corrected chi connectivity index (χ1v) is 7.16. The van der Waals surface area contributed by atoms with Crippen LogP contribution in [0.3, 0.4) is 0 Å². The number of nitrogens with zero attached hydrogens (tertiary/aromatic N) is 1. The van der Waals surface area contributed by atoms with Gasteiger partial charge in [0.1, 0.15) is 5.82 Å². The number of imidazole rings is 1. The van der Waals surface area contributed by atoms with Gasteiger partial charge in [0.25, 0.3) is 0 Å². The Kier molecular flexibility index (Phi) is 3.38. The van der Waals surface area contributed by atoms with Gasteiger partial charge < -0.3 is 10.7 Å². The van der Waals surface area contributed by atoms with Gasteiger partial charge in [0.2, 0.25) is 0 Å². The number of rotatable bonds is 4. The van der Waals surface area contributed by atoms with Gasteiger partial charge in [-0.25, -0.2) is 4.98 Å². The van der Waals surface area contributed by atoms with Crippen molar-refractivity contribution in [3.63, 3.8) is 0 Å². The Morgan fingerprint density at radius 2 is 2.16 bits per heavy atom. The van der Waals surface area contributed by atoms with Crippen LogP contribution < -0.4 is 5.73 Å². The molecule has 1 heterocycles. The molecule has 0 spiro atoms. The molecule has 1 aromatic heterocycles. The summed E-state index contributed by atoms with van der Waals surface area (Å²) < 4.78 is 0. The normalized spacial score (nSPS) is 19.4. The Hall–Kier alpha value is -1.61. The second kappa shape index (κ2) is 5.17. The minimum absolute atomic E-state index is 0.0366. The molecule has 2 aromatic rings. The predicted molar refractivity (Wildman–Crippen MR) is 77.0 cm³/mol. The molecule has 3 rings (SSSR count). The molecule has 0 saturated heterocycles. The van der Waals surface area contributed by atoms with E-state index in [9.17, 15) is 0 Å². The zero-order valence-corrected chi connectivity index (χ0v) is 11.4. The first-order chi connectivity index (χ1) is 9.28. The van der Waals surface area contributed by atoms with Crippen LogP contribution in [0.2, 0.25) is 0 Å². The molecule has 1 unspecified atom stereocenters. The van der Waals surface area contributed by atoms with E-state index in [1.54, 1.807) is 0 Å². The van der Waals surface area contributed by atoms with Gasteiger partial charge in [-0.15, -0.1) is 0 Å². The third-order valence-corrected chi connectivity index (χ3v) is 4.10. The van der Waals surface area contributed by atoms with E-state index in [2.05, 4.69) is 36.2 Å². The van der Waals surface area contributed by atoms with Gasteiger partial charge in [-0.05, 0) is 31.2 Å². The van der Waals surface area contributed by atoms with Crippen LogP contribution in [0.15, 0.2) is 30.3 Å². The van der Waals surface area contributed by atoms with Crippen LogP contribution in [0.1, 0.15) is 54.5 Å². The fraction of sp³-hybridized carbons (Fsp3) is 0.438. The van der Waals surface area contributed by atoms with Gasteiger partial charge >= 0.3 is 0 Å². The summed E-state index contributed by atoms with van der Waals surface area (Å²) in [5.74, 6) is 1.58. The SMILES string of the molecule is CCC1CCc2[nH]c([C@@H](N)Cc3ccccc3)nc21. The van der Waals surface area contributed by atoms with E-state index in [0.29, 0.717) is 5.92 Å². The molecule has 19 heavy (non-hydrogen) atoms. The topological polar surface area (TPSA) is 54.7 Å². The molecule has 1 aliphatic carbocycles. The molecule has 0 saturated carbocycles. The average molecular weight is 255 g/mol. The van der Waals surface area contributed by atoms with E-state index in [1.807, 2.05) is 6.07 Å². The molecular weight excluding hydrogens is 234 g/mol. The first-order valence-electron chi connectivity index (χ1n) is 7.16. The summed E-state index contributed by atoms with van der Waals surface area (Å²) in [6.07, 6.45) is 4.37. The molecule has 100 valence electrons. The number of benzene rings is 1. The van der Waals surface area contributed by atoms with Gasteiger partial charge in [0.15, 0.2) is 0 Å². The molecule has 3 N–H and O–H groups in total. The highest BCUT2D eigenvalue weighted by Gasteiger charge is 2.26. The van der Waals surface area contributed by atoms with Crippen LogP contribution in [0, 0.1) is 0 Å². The van der Waals surface area contributed by atoms with Gasteiger partial charge in [-0.1, -0.05) is 37.3 Å². The molecule has 0 aliphatic heterocycles. The van der Waals surface area contributed by atoms with Crippen LogP contribution in [-0.2, 0) is 12.8 Å². The Morgan fingerprint density at radius 1 is 1.37 bits per heavy atom. The maximum Gasteiger partial charge on any atom is 0.123 e. The molecule has 3 nitrogen and oxygen atoms in total. The van der Waals surface area contributed by atoms with Crippen LogP contribution in [0.5, 0.6) is 0 Å². The lowest BCUT2D eigenvalue weighted by Gasteiger charge is -2.10. The van der Waals surface area contributed by atoms with Crippen molar-refractivity contribution in [3.05, 3.63) is 53.1 Å². The third-order valence-electron chi connectivity index (χ3n) is 4.10. The molecule has 1 aliphatic rings. The Labute approximate surface area is 114 Å². The number of H-pyrrole nitrogens is 1. The summed E-state index contributed by atoms with van der Waals surface area (Å²) >= 11 is 0. The smallest absolute Gasteiger partial charge is 0.123 e. The number of aromatic nitrogens is 2. The summed E-state index contributed by atoms with van der Waals surface area (Å²) in [6, 6.07) is 10.3. The fourth-order valence-electron chi connectivity index (χ4n) is 2.97. The molecular formula is C16H21N3. The molecule has 2 atom stereocenters. The summed E-state index contributed by atoms with van der Waals surface area (Å²) in [7, 11) is 0. The maximum absolute atomic E-state index is 6.28. The van der Waals surface area contributed by atoms with Crippen LogP contribution in [0.25, 0.3) is 0 Å². The lowest BCUT2D eigenvalue weighted by Crippen LogP contribution is -2.15. The van der Waals surface area contributed by atoms with Crippen molar-refractivity contribution >= 4 is 0 Å². The fourth-order valence-corrected chi connectivity index (χ4v) is 2.97. The van der Waals surface area contributed by atoms with E-state index in [-0.39, 0.29) is 6.04 Å². The van der Waals surface area contributed by atoms with Crippen LogP contribution >= 0.6 is 0 Å². The minimum Gasteiger partial charge on any atom is -0.344 e. The van der Waals surface area contributed by atoms with Crippen molar-refractivity contribution in [2.24, 2.45) is 5.73 Å². The minimum atomic E-state index is -0.0366. The monoisotopic (exact) mass is 255 g/mol. The zero-order chi connectivity index (χ0) is 13.2. The van der Waals surface area contributed by atoms with E-state index >= 15 is 0 Å². The number of fused-ring (bicyclic) bond motifs is 1. The van der Waals surface area contributed by atoms with Gasteiger partial charge in [0.05, 0.1) is 11.7 Å². The summed E-state index contributed by atoms with van der Waals surface area (Å²) in [5.41, 5.74) is 10.1. The Balaban J connectivity index is 1.76. The second-order valence-corrected chi connectivity index (χ2v) is 5.43. The van der Waals surface area contributed by atoms with Crippen molar-refractivity contribution in [2.45, 2.75) is 44.6 Å². The highest BCUT2D eigenvalue weighted by molar-refractivity contribution is 5.26. The highest BCUT2D eigenvalue weighted by atomic mass is 15.0. The number of hydrogen-bond acceptors (Lipinski definition) is 2. The van der Waals surface area contributed by atoms with Gasteiger partial charge in [0, 0.05) is 11.6 Å². The largest absolute Gasteiger partial charge is 0.344 e. The number of aromatic amines is 1. The number of nitrogens with two attached hydrogens (primary N) is 1. The number of hydrogen-bond donors (Lipinski definition) is 2. The standard InChI is InChI=1S/C16H21N3/c1-2-12-8-9-14-15(12)19-16(18-14)13(17)10-11-6-4-3-5-7-11/h3-7,12-13H,2,8-10,17H2,1H3,(H,18,19)/t12?,13-/m0/s1. The van der Waals surface area contributed by atoms with Crippen molar-refractivity contribution in [3.8, 4) is 0 Å². The van der Waals surface area contributed by atoms with Gasteiger partial charge in [-0.3, -0.25) is 0 Å². The van der Waals surface area contributed by atoms with Crippen molar-refractivity contribution < 1.29 is 0 Å². The predicted octanol–water partition coefficient (Wildman–Crippen LogP) is 3.09. The average Bonchev–Trinajstić information content (AvgIpc) is 2.99. The third kappa shape index (κ3) is 2.43. The number of nitrogens with one attached hydrogen (secondary N) is 1. The van der Waals surface area contributed by atoms with Crippen molar-refractivity contribution in [2.75, 3.05) is 0 Å².